The molecule has 3 fully saturated rings. The summed E-state index contributed by atoms with van der Waals surface area (Å²) in [6.45, 7) is 15.1. The van der Waals surface area contributed by atoms with Gasteiger partial charge in [-0.3, -0.25) is 38.1 Å². The summed E-state index contributed by atoms with van der Waals surface area (Å²) >= 11 is 2.49. The lowest BCUT2D eigenvalue weighted by atomic mass is 9.85. The Bertz CT molecular complexity index is 3380. The molecule has 25 heteroatoms. The smallest absolute Gasteiger partial charge is 0.391 e. The molecule has 3 aliphatic heterocycles. The summed E-state index contributed by atoms with van der Waals surface area (Å²) in [5.74, 6) is -3.19. The minimum absolute atomic E-state index is 0.0459. The number of β-amino-alcohol motifs (C(OH)–C–C–N with tert-alkyl or cyclic N) is 1. The number of thiazole rings is 1. The Balaban J connectivity index is 0.835. The van der Waals surface area contributed by atoms with Crippen molar-refractivity contribution in [2.24, 2.45) is 10.8 Å². The van der Waals surface area contributed by atoms with Gasteiger partial charge >= 0.3 is 13.3 Å². The maximum Gasteiger partial charge on any atom is 0.399 e. The number of likely N-dealkylation sites (tertiary alicyclic amines) is 3. The first-order chi connectivity index (χ1) is 41.4. The predicted octanol–water partition coefficient (Wildman–Crippen LogP) is 8.14. The minimum Gasteiger partial charge on any atom is -0.391 e. The summed E-state index contributed by atoms with van der Waals surface area (Å²) in [7, 11) is -5.87. The molecule has 2 aromatic heterocycles. The first kappa shape index (κ1) is 67.4. The van der Waals surface area contributed by atoms with E-state index in [1.165, 1.54) is 21.9 Å². The van der Waals surface area contributed by atoms with Crippen LogP contribution in [0.4, 0.5) is 8.78 Å². The number of carbonyl (C=O) groups is 7. The second kappa shape index (κ2) is 28.1. The standard InChI is InChI=1S/C63H81F2N8O12PS2/c1-37(39-20-22-41(23-21-39)53-38(2)67-36-87-53)68-56(77)47-30-45(74)33-72(47)59(80)54(61(3,4)5)69-51(75)19-13-10-14-26-66-52(76)35-85-46-31-48(58(79)71-27-15-18-42(32-71)40-16-11-9-12-17-40)73(34-46)60(81)55(62(6,7)8)70-57(78)50-29-43-28-44(24-25-49(43)88-50)63(64,65)86(82,83)84/h9,11-12,16-17,20-25,28-29,36-37,42,45-48,54-55,74H,10,13-15,18-19,26-27,30-35H2,1-8H3,(H,66,76)(H,68,77)(H,69,75)(H,70,78)(H2,82,83,84)/t37-,42-,45+,46-,47-,48-,54+,55+/m0/s1. The highest BCUT2D eigenvalue weighted by atomic mass is 32.1. The number of carbonyl (C=O) groups excluding carboxylic acids is 7. The Morgan fingerprint density at radius 2 is 1.47 bits per heavy atom. The third-order valence-electron chi connectivity index (χ3n) is 16.6. The van der Waals surface area contributed by atoms with Crippen molar-refractivity contribution >= 4 is 81.7 Å². The summed E-state index contributed by atoms with van der Waals surface area (Å²) in [5.41, 5.74) is -1.37. The van der Waals surface area contributed by atoms with E-state index >= 15 is 0 Å². The zero-order valence-corrected chi connectivity index (χ0v) is 53.5. The van der Waals surface area contributed by atoms with Gasteiger partial charge in [-0.2, -0.15) is 8.78 Å². The highest BCUT2D eigenvalue weighted by molar-refractivity contribution is 7.52. The van der Waals surface area contributed by atoms with Crippen LogP contribution in [0.15, 0.2) is 84.4 Å². The number of amides is 7. The van der Waals surface area contributed by atoms with Gasteiger partial charge in [0.1, 0.15) is 30.8 Å². The van der Waals surface area contributed by atoms with E-state index in [0.717, 1.165) is 63.6 Å². The molecule has 476 valence electrons. The number of piperidine rings is 1. The molecule has 3 saturated heterocycles. The molecule has 0 aliphatic carbocycles. The lowest BCUT2D eigenvalue weighted by Crippen LogP contribution is -2.58. The minimum atomic E-state index is -5.87. The molecule has 7 N–H and O–H groups in total. The van der Waals surface area contributed by atoms with Crippen LogP contribution in [-0.4, -0.2) is 152 Å². The number of aromatic nitrogens is 1. The molecule has 88 heavy (non-hydrogen) atoms. The van der Waals surface area contributed by atoms with E-state index in [1.54, 1.807) is 42.5 Å². The number of unbranched alkanes of at least 4 members (excludes halogenated alkanes) is 2. The van der Waals surface area contributed by atoms with E-state index in [2.05, 4.69) is 26.3 Å². The number of nitrogens with zero attached hydrogens (tertiary/aromatic N) is 4. The van der Waals surface area contributed by atoms with Gasteiger partial charge < -0.3 is 55.6 Å². The topological polar surface area (TPSA) is 277 Å². The number of fused-ring (bicyclic) bond motifs is 1. The zero-order chi connectivity index (χ0) is 64.0. The third kappa shape index (κ3) is 16.3. The van der Waals surface area contributed by atoms with Crippen molar-refractivity contribution in [3.8, 4) is 10.4 Å². The summed E-state index contributed by atoms with van der Waals surface area (Å²) < 4.78 is 47.4. The summed E-state index contributed by atoms with van der Waals surface area (Å²) in [4.78, 5) is 127. The fourth-order valence-corrected chi connectivity index (χ4v) is 13.9. The van der Waals surface area contributed by atoms with Crippen LogP contribution in [0.2, 0.25) is 0 Å². The lowest BCUT2D eigenvalue weighted by molar-refractivity contribution is -0.147. The monoisotopic (exact) mass is 1270 g/mol. The van der Waals surface area contributed by atoms with Crippen molar-refractivity contribution in [3.63, 3.8) is 0 Å². The average molecular weight is 1280 g/mol. The van der Waals surface area contributed by atoms with Gasteiger partial charge in [0.2, 0.25) is 35.4 Å². The third-order valence-corrected chi connectivity index (χ3v) is 19.7. The van der Waals surface area contributed by atoms with Crippen LogP contribution in [0.5, 0.6) is 0 Å². The van der Waals surface area contributed by atoms with Gasteiger partial charge in [0.15, 0.2) is 0 Å². The van der Waals surface area contributed by atoms with Crippen molar-refractivity contribution in [2.75, 3.05) is 39.3 Å². The number of ether oxygens (including phenoxy) is 1. The Kier molecular flexibility index (Phi) is 21.5. The molecular formula is C63H81F2N8O12PS2. The van der Waals surface area contributed by atoms with Gasteiger partial charge in [-0.05, 0) is 90.6 Å². The highest BCUT2D eigenvalue weighted by Crippen LogP contribution is 2.59. The molecule has 8 atom stereocenters. The molecule has 0 unspecified atom stereocenters. The number of thiophene rings is 1. The maximum absolute atomic E-state index is 14.9. The summed E-state index contributed by atoms with van der Waals surface area (Å²) in [6, 6.07) is 17.5. The molecule has 20 nitrogen and oxygen atoms in total. The molecule has 0 saturated carbocycles. The molecular weight excluding hydrogens is 1190 g/mol. The van der Waals surface area contributed by atoms with Crippen molar-refractivity contribution in [3.05, 3.63) is 112 Å². The van der Waals surface area contributed by atoms with E-state index in [1.807, 2.05) is 89.2 Å². The van der Waals surface area contributed by atoms with Crippen molar-refractivity contribution in [1.82, 2.24) is 41.0 Å². The van der Waals surface area contributed by atoms with Gasteiger partial charge in [-0.15, -0.1) is 22.7 Å². The second-order valence-electron chi connectivity index (χ2n) is 25.5. The van der Waals surface area contributed by atoms with Gasteiger partial charge in [0.25, 0.3) is 5.91 Å². The number of aliphatic hydroxyl groups excluding tert-OH is 1. The van der Waals surface area contributed by atoms with Crippen molar-refractivity contribution < 1.29 is 66.5 Å². The molecule has 8 rings (SSSR count). The van der Waals surface area contributed by atoms with Crippen molar-refractivity contribution in [1.29, 1.82) is 0 Å². The Morgan fingerprint density at radius 3 is 2.11 bits per heavy atom. The molecule has 3 aromatic carbocycles. The normalized spacial score (nSPS) is 20.3. The second-order valence-corrected chi connectivity index (χ2v) is 29.1. The molecule has 3 aliphatic rings. The van der Waals surface area contributed by atoms with Crippen LogP contribution >= 0.6 is 30.3 Å². The zero-order valence-electron chi connectivity index (χ0n) is 50.9. The predicted molar refractivity (Wildman–Crippen MR) is 331 cm³/mol. The van der Waals surface area contributed by atoms with Crippen LogP contribution in [0.1, 0.15) is 144 Å². The Hall–Kier alpha value is -6.53. The number of hydrogen-bond acceptors (Lipinski definition) is 13. The van der Waals surface area contributed by atoms with E-state index in [9.17, 15) is 61.8 Å². The van der Waals surface area contributed by atoms with E-state index < -0.39 is 102 Å². The van der Waals surface area contributed by atoms with Crippen LogP contribution in [0, 0.1) is 17.8 Å². The number of hydrogen-bond donors (Lipinski definition) is 7. The first-order valence-corrected chi connectivity index (χ1v) is 33.1. The quantitative estimate of drug-likeness (QED) is 0.0255. The number of aliphatic hydroxyl groups is 1. The number of aryl methyl sites for hydroxylation is 1. The molecule has 0 bridgehead atoms. The van der Waals surface area contributed by atoms with E-state index in [-0.39, 0.29) is 73.5 Å². The van der Waals surface area contributed by atoms with Gasteiger partial charge in [-0.1, -0.05) is 109 Å². The number of halogens is 2. The molecule has 5 heterocycles. The average Bonchev–Trinajstić information content (AvgIpc) is 4.15. The van der Waals surface area contributed by atoms with Crippen molar-refractivity contribution in [2.45, 2.75) is 161 Å². The van der Waals surface area contributed by atoms with Gasteiger partial charge in [0, 0.05) is 68.2 Å². The number of alkyl halides is 2. The molecule has 0 radical (unpaired) electrons. The summed E-state index contributed by atoms with van der Waals surface area (Å²) in [5, 5.41) is 22.4. The fourth-order valence-electron chi connectivity index (χ4n) is 11.6. The molecule has 5 aromatic rings. The van der Waals surface area contributed by atoms with Crippen LogP contribution in [0.25, 0.3) is 20.5 Å². The number of nitrogens with one attached hydrogen (secondary N) is 4. The molecule has 0 spiro atoms. The lowest BCUT2D eigenvalue weighted by Gasteiger charge is -2.38. The Morgan fingerprint density at radius 1 is 0.795 bits per heavy atom. The van der Waals surface area contributed by atoms with Crippen LogP contribution in [-0.2, 0) is 43.7 Å². The SMILES string of the molecule is Cc1ncsc1-c1ccc([C@H](C)NC(=O)[C@@H]2C[C@@H](O)CN2C(=O)[C@@H](NC(=O)CCCCCNC(=O)CO[C@H]2C[C@@H](C(=O)N3CCC[C@H](c4ccccc4)C3)N(C(=O)[C@@H](NC(=O)c3cc4cc(C(F)(F)P(=O)(O)O)ccc4s3)C(C)(C)C)C2)C(C)(C)C)cc1. The van der Waals surface area contributed by atoms with Gasteiger partial charge in [0.05, 0.1) is 39.2 Å². The number of rotatable bonds is 22. The van der Waals surface area contributed by atoms with E-state index in [0.29, 0.717) is 37.1 Å². The largest absolute Gasteiger partial charge is 0.399 e. The first-order valence-electron chi connectivity index (χ1n) is 29.8. The van der Waals surface area contributed by atoms with Crippen LogP contribution in [0.3, 0.4) is 0 Å². The Labute approximate surface area is 519 Å². The summed E-state index contributed by atoms with van der Waals surface area (Å²) in [6.07, 6.45) is 1.61. The highest BCUT2D eigenvalue weighted by Gasteiger charge is 2.51. The molecule has 7 amide bonds. The maximum atomic E-state index is 14.9. The van der Waals surface area contributed by atoms with Crippen LogP contribution < -0.4 is 21.3 Å². The van der Waals surface area contributed by atoms with E-state index in [4.69, 9.17) is 4.74 Å². The number of benzene rings is 3. The fraction of sp³-hybridized carbons (Fsp3) is 0.524. The van der Waals surface area contributed by atoms with Gasteiger partial charge in [-0.25, -0.2) is 4.98 Å².